The molecule has 0 atom stereocenters. The van der Waals surface area contributed by atoms with E-state index in [1.165, 1.54) is 0 Å². The molecular weight excluding hydrogens is 271 g/mol. The third kappa shape index (κ3) is 2.85. The molecule has 0 aromatic heterocycles. The molecule has 0 saturated carbocycles. The summed E-state index contributed by atoms with van der Waals surface area (Å²) in [6.07, 6.45) is 2.05. The van der Waals surface area contributed by atoms with Gasteiger partial charge in [-0.15, -0.1) is 11.8 Å². The lowest BCUT2D eigenvalue weighted by atomic mass is 9.79. The van der Waals surface area contributed by atoms with Gasteiger partial charge in [-0.05, 0) is 58.5 Å². The molecule has 110 valence electrons. The Kier molecular flexibility index (Phi) is 4.43. The van der Waals surface area contributed by atoms with E-state index in [0.717, 1.165) is 16.1 Å². The zero-order valence-corrected chi connectivity index (χ0v) is 14.0. The Morgan fingerprint density at radius 3 is 2.25 bits per heavy atom. The van der Waals surface area contributed by atoms with Crippen LogP contribution in [0.3, 0.4) is 0 Å². The summed E-state index contributed by atoms with van der Waals surface area (Å²) in [6, 6.07) is 6.14. The number of hydrogen-bond acceptors (Lipinski definition) is 4. The van der Waals surface area contributed by atoms with Crippen molar-refractivity contribution in [2.45, 2.75) is 50.7 Å². The second-order valence-electron chi connectivity index (χ2n) is 5.93. The first-order valence-electron chi connectivity index (χ1n) is 6.97. The fraction of sp³-hybridized carbons (Fsp3) is 0.600. The Hall–Kier alpha value is -0.645. The monoisotopic (exact) mass is 294 g/mol. The van der Waals surface area contributed by atoms with Crippen molar-refractivity contribution in [3.63, 3.8) is 0 Å². The molecule has 5 heteroatoms. The van der Waals surface area contributed by atoms with Crippen LogP contribution in [-0.4, -0.2) is 31.2 Å². The van der Waals surface area contributed by atoms with Gasteiger partial charge in [0.25, 0.3) is 0 Å². The molecule has 0 unspecified atom stereocenters. The highest BCUT2D eigenvalue weighted by atomic mass is 32.2. The molecule has 2 rings (SSSR count). The first-order chi connectivity index (χ1) is 9.30. The van der Waals surface area contributed by atoms with Gasteiger partial charge in [-0.2, -0.15) is 0 Å². The molecule has 1 aromatic carbocycles. The minimum atomic E-state index is -0.338. The molecule has 1 saturated heterocycles. The number of thioether (sulfide) groups is 1. The summed E-state index contributed by atoms with van der Waals surface area (Å²) in [5.74, 6) is 0.896. The normalized spacial score (nSPS) is 20.2. The molecule has 0 N–H and O–H groups in total. The van der Waals surface area contributed by atoms with Crippen LogP contribution in [0.5, 0.6) is 5.75 Å². The first kappa shape index (κ1) is 15.7. The van der Waals surface area contributed by atoms with E-state index >= 15 is 0 Å². The quantitative estimate of drug-likeness (QED) is 0.630. The molecule has 0 amide bonds. The van der Waals surface area contributed by atoms with E-state index in [-0.39, 0.29) is 18.3 Å². The Balaban J connectivity index is 2.29. The maximum Gasteiger partial charge on any atom is 0.494 e. The Labute approximate surface area is 126 Å². The van der Waals surface area contributed by atoms with Gasteiger partial charge in [-0.25, -0.2) is 0 Å². The molecule has 0 spiro atoms. The molecule has 1 fully saturated rings. The molecule has 1 heterocycles. The van der Waals surface area contributed by atoms with E-state index in [1.54, 1.807) is 11.8 Å². The summed E-state index contributed by atoms with van der Waals surface area (Å²) in [7, 11) is -0.338. The van der Waals surface area contributed by atoms with Gasteiger partial charge in [-0.3, -0.25) is 0 Å². The highest BCUT2D eigenvalue weighted by molar-refractivity contribution is 7.98. The minimum absolute atomic E-state index is 0.318. The van der Waals surface area contributed by atoms with Crippen LogP contribution in [0.2, 0.25) is 0 Å². The van der Waals surface area contributed by atoms with Crippen LogP contribution in [-0.2, 0) is 9.31 Å². The highest BCUT2D eigenvalue weighted by Gasteiger charge is 2.51. The van der Waals surface area contributed by atoms with Crippen LogP contribution < -0.4 is 10.2 Å². The smallest absolute Gasteiger partial charge is 0.493 e. The third-order valence-electron chi connectivity index (χ3n) is 4.01. The van der Waals surface area contributed by atoms with Gasteiger partial charge in [-0.1, -0.05) is 6.07 Å². The van der Waals surface area contributed by atoms with Crippen LogP contribution in [0.4, 0.5) is 0 Å². The van der Waals surface area contributed by atoms with E-state index in [0.29, 0.717) is 6.61 Å². The van der Waals surface area contributed by atoms with Crippen LogP contribution in [0.15, 0.2) is 23.1 Å². The molecule has 0 radical (unpaired) electrons. The molecule has 3 nitrogen and oxygen atoms in total. The van der Waals surface area contributed by atoms with Gasteiger partial charge in [0, 0.05) is 4.90 Å². The molecule has 0 aliphatic carbocycles. The number of hydrogen-bond donors (Lipinski definition) is 0. The largest absolute Gasteiger partial charge is 0.494 e. The topological polar surface area (TPSA) is 27.7 Å². The predicted molar refractivity (Wildman–Crippen MR) is 85.1 cm³/mol. The van der Waals surface area contributed by atoms with E-state index in [1.807, 2.05) is 19.2 Å². The van der Waals surface area contributed by atoms with Crippen molar-refractivity contribution in [1.29, 1.82) is 0 Å². The van der Waals surface area contributed by atoms with Crippen molar-refractivity contribution in [2.75, 3.05) is 12.9 Å². The second kappa shape index (κ2) is 5.62. The summed E-state index contributed by atoms with van der Waals surface area (Å²) < 4.78 is 17.8. The van der Waals surface area contributed by atoms with Gasteiger partial charge < -0.3 is 14.0 Å². The maximum absolute atomic E-state index is 6.07. The van der Waals surface area contributed by atoms with Crippen LogP contribution in [0.1, 0.15) is 34.6 Å². The van der Waals surface area contributed by atoms with Crippen molar-refractivity contribution in [2.24, 2.45) is 0 Å². The second-order valence-corrected chi connectivity index (χ2v) is 6.78. The van der Waals surface area contributed by atoms with Gasteiger partial charge in [0.15, 0.2) is 0 Å². The number of benzene rings is 1. The Morgan fingerprint density at radius 1 is 1.15 bits per heavy atom. The predicted octanol–water partition coefficient (Wildman–Crippen LogP) is 3.11. The van der Waals surface area contributed by atoms with Gasteiger partial charge in [0.1, 0.15) is 5.75 Å². The standard InChI is InChI=1S/C15H23BO3S/c1-7-17-12-10-11(8-9-13(12)20-6)16-18-14(2,3)15(4,5)19-16/h8-10H,7H2,1-6H3. The lowest BCUT2D eigenvalue weighted by Gasteiger charge is -2.32. The first-order valence-corrected chi connectivity index (χ1v) is 8.19. The fourth-order valence-electron chi connectivity index (χ4n) is 2.09. The molecule has 1 aliphatic rings. The maximum atomic E-state index is 6.07. The lowest BCUT2D eigenvalue weighted by molar-refractivity contribution is 0.00578. The van der Waals surface area contributed by atoms with Gasteiger partial charge >= 0.3 is 7.12 Å². The Bertz CT molecular complexity index is 472. The van der Waals surface area contributed by atoms with E-state index in [2.05, 4.69) is 39.8 Å². The SMILES string of the molecule is CCOc1cc(B2OC(C)(C)C(C)(C)O2)ccc1SC. The van der Waals surface area contributed by atoms with Crippen molar-refractivity contribution in [3.8, 4) is 5.75 Å². The van der Waals surface area contributed by atoms with Gasteiger partial charge in [0.2, 0.25) is 0 Å². The van der Waals surface area contributed by atoms with E-state index in [9.17, 15) is 0 Å². The molecule has 1 aliphatic heterocycles. The van der Waals surface area contributed by atoms with Crippen molar-refractivity contribution >= 4 is 24.3 Å². The average molecular weight is 294 g/mol. The third-order valence-corrected chi connectivity index (χ3v) is 4.79. The zero-order valence-electron chi connectivity index (χ0n) is 13.1. The van der Waals surface area contributed by atoms with Crippen LogP contribution >= 0.6 is 11.8 Å². The molecule has 20 heavy (non-hydrogen) atoms. The molecule has 1 aromatic rings. The average Bonchev–Trinajstić information content (AvgIpc) is 2.59. The van der Waals surface area contributed by atoms with Crippen molar-refractivity contribution < 1.29 is 14.0 Å². The van der Waals surface area contributed by atoms with Crippen LogP contribution in [0.25, 0.3) is 0 Å². The Morgan fingerprint density at radius 2 is 1.75 bits per heavy atom. The summed E-state index contributed by atoms with van der Waals surface area (Å²) in [5.41, 5.74) is 0.369. The molecule has 0 bridgehead atoms. The summed E-state index contributed by atoms with van der Waals surface area (Å²) in [6.45, 7) is 10.9. The molecular formula is C15H23BO3S. The minimum Gasteiger partial charge on any atom is -0.493 e. The van der Waals surface area contributed by atoms with E-state index in [4.69, 9.17) is 14.0 Å². The highest BCUT2D eigenvalue weighted by Crippen LogP contribution is 2.37. The van der Waals surface area contributed by atoms with Crippen LogP contribution in [0, 0.1) is 0 Å². The lowest BCUT2D eigenvalue weighted by Crippen LogP contribution is -2.41. The fourth-order valence-corrected chi connectivity index (χ4v) is 2.61. The summed E-state index contributed by atoms with van der Waals surface area (Å²) in [5, 5.41) is 0. The summed E-state index contributed by atoms with van der Waals surface area (Å²) in [4.78, 5) is 1.13. The zero-order chi connectivity index (χ0) is 15.0. The van der Waals surface area contributed by atoms with Gasteiger partial charge in [0.05, 0.1) is 17.8 Å². The van der Waals surface area contributed by atoms with Crippen molar-refractivity contribution in [3.05, 3.63) is 18.2 Å². The van der Waals surface area contributed by atoms with E-state index < -0.39 is 0 Å². The number of rotatable bonds is 4. The number of ether oxygens (including phenoxy) is 1. The van der Waals surface area contributed by atoms with Crippen molar-refractivity contribution in [1.82, 2.24) is 0 Å². The summed E-state index contributed by atoms with van der Waals surface area (Å²) >= 11 is 1.68.